The molecule has 0 saturated heterocycles. The van der Waals surface area contributed by atoms with E-state index >= 15 is 0 Å². The van der Waals surface area contributed by atoms with Gasteiger partial charge in [0.15, 0.2) is 0 Å². The van der Waals surface area contributed by atoms with E-state index in [-0.39, 0.29) is 11.9 Å². The maximum absolute atomic E-state index is 12.0. The predicted octanol–water partition coefficient (Wildman–Crippen LogP) is 3.04. The van der Waals surface area contributed by atoms with Crippen molar-refractivity contribution in [3.05, 3.63) is 48.3 Å². The minimum Gasteiger partial charge on any atom is -0.326 e. The van der Waals surface area contributed by atoms with Gasteiger partial charge in [0, 0.05) is 24.5 Å². The number of anilines is 1. The highest BCUT2D eigenvalue weighted by molar-refractivity contribution is 5.91. The molecule has 0 fully saturated rings. The van der Waals surface area contributed by atoms with Crippen LogP contribution in [0.25, 0.3) is 0 Å². The SMILES string of the molecule is CCc1ccccc1NC(=O)C[C@@H](C)n1cccn1. The van der Waals surface area contributed by atoms with Gasteiger partial charge in [-0.1, -0.05) is 25.1 Å². The lowest BCUT2D eigenvalue weighted by Crippen LogP contribution is -2.18. The van der Waals surface area contributed by atoms with E-state index in [0.717, 1.165) is 17.7 Å². The van der Waals surface area contributed by atoms with Gasteiger partial charge in [-0.3, -0.25) is 9.48 Å². The average molecular weight is 257 g/mol. The van der Waals surface area contributed by atoms with Crippen LogP contribution in [0, 0.1) is 0 Å². The molecule has 1 N–H and O–H groups in total. The number of carbonyl (C=O) groups excluding carboxylic acids is 1. The lowest BCUT2D eigenvalue weighted by Gasteiger charge is -2.13. The zero-order valence-electron chi connectivity index (χ0n) is 11.3. The van der Waals surface area contributed by atoms with Crippen LogP contribution in [0.4, 0.5) is 5.69 Å². The number of amides is 1. The van der Waals surface area contributed by atoms with Gasteiger partial charge in [0.25, 0.3) is 0 Å². The third-order valence-electron chi connectivity index (χ3n) is 3.13. The third-order valence-corrected chi connectivity index (χ3v) is 3.13. The first-order chi connectivity index (χ1) is 9.20. The number of hydrogen-bond donors (Lipinski definition) is 1. The summed E-state index contributed by atoms with van der Waals surface area (Å²) in [6, 6.07) is 9.82. The minimum atomic E-state index is 0.0175. The summed E-state index contributed by atoms with van der Waals surface area (Å²) in [7, 11) is 0. The Morgan fingerprint density at radius 1 is 1.37 bits per heavy atom. The monoisotopic (exact) mass is 257 g/mol. The molecular formula is C15H19N3O. The molecule has 1 aromatic heterocycles. The first kappa shape index (κ1) is 13.3. The number of aromatic nitrogens is 2. The highest BCUT2D eigenvalue weighted by Crippen LogP contribution is 2.17. The molecule has 2 rings (SSSR count). The molecule has 0 unspecified atom stereocenters. The molecule has 0 aliphatic rings. The van der Waals surface area contributed by atoms with Crippen molar-refractivity contribution in [1.29, 1.82) is 0 Å². The van der Waals surface area contributed by atoms with Gasteiger partial charge in [0.1, 0.15) is 0 Å². The van der Waals surface area contributed by atoms with Gasteiger partial charge in [-0.2, -0.15) is 5.10 Å². The van der Waals surface area contributed by atoms with E-state index in [1.54, 1.807) is 10.9 Å². The van der Waals surface area contributed by atoms with E-state index in [9.17, 15) is 4.79 Å². The molecule has 1 heterocycles. The molecule has 0 radical (unpaired) electrons. The summed E-state index contributed by atoms with van der Waals surface area (Å²) in [5, 5.41) is 7.12. The fraction of sp³-hybridized carbons (Fsp3) is 0.333. The maximum atomic E-state index is 12.0. The molecule has 1 atom stereocenters. The van der Waals surface area contributed by atoms with E-state index in [1.807, 2.05) is 43.5 Å². The van der Waals surface area contributed by atoms with Gasteiger partial charge in [-0.25, -0.2) is 0 Å². The molecule has 19 heavy (non-hydrogen) atoms. The molecule has 1 amide bonds. The van der Waals surface area contributed by atoms with Crippen LogP contribution < -0.4 is 5.32 Å². The zero-order valence-corrected chi connectivity index (χ0v) is 11.3. The number of hydrogen-bond acceptors (Lipinski definition) is 2. The molecule has 0 aliphatic heterocycles. The Kier molecular flexibility index (Phi) is 4.34. The maximum Gasteiger partial charge on any atom is 0.226 e. The van der Waals surface area contributed by atoms with Gasteiger partial charge in [0.2, 0.25) is 5.91 Å². The molecule has 100 valence electrons. The zero-order chi connectivity index (χ0) is 13.7. The number of benzene rings is 1. The van der Waals surface area contributed by atoms with Crippen LogP contribution in [0.1, 0.15) is 31.9 Å². The second-order valence-electron chi connectivity index (χ2n) is 4.60. The van der Waals surface area contributed by atoms with Crippen molar-refractivity contribution in [3.63, 3.8) is 0 Å². The molecular weight excluding hydrogens is 238 g/mol. The van der Waals surface area contributed by atoms with Crippen LogP contribution in [-0.2, 0) is 11.2 Å². The number of carbonyl (C=O) groups is 1. The molecule has 1 aromatic carbocycles. The third kappa shape index (κ3) is 3.44. The molecule has 0 aliphatic carbocycles. The highest BCUT2D eigenvalue weighted by atomic mass is 16.1. The van der Waals surface area contributed by atoms with E-state index in [1.165, 1.54) is 0 Å². The van der Waals surface area contributed by atoms with Crippen LogP contribution in [0.5, 0.6) is 0 Å². The Morgan fingerprint density at radius 3 is 2.84 bits per heavy atom. The molecule has 4 heteroatoms. The average Bonchev–Trinajstić information content (AvgIpc) is 2.93. The van der Waals surface area contributed by atoms with Crippen molar-refractivity contribution in [1.82, 2.24) is 9.78 Å². The number of para-hydroxylation sites is 1. The Morgan fingerprint density at radius 2 is 2.16 bits per heavy atom. The van der Waals surface area contributed by atoms with Gasteiger partial charge in [0.05, 0.1) is 6.04 Å². The van der Waals surface area contributed by atoms with Crippen LogP contribution in [0.15, 0.2) is 42.7 Å². The van der Waals surface area contributed by atoms with Crippen molar-refractivity contribution in [2.45, 2.75) is 32.7 Å². The minimum absolute atomic E-state index is 0.0175. The fourth-order valence-electron chi connectivity index (χ4n) is 2.05. The fourth-order valence-corrected chi connectivity index (χ4v) is 2.05. The first-order valence-electron chi connectivity index (χ1n) is 6.57. The van der Waals surface area contributed by atoms with E-state index in [4.69, 9.17) is 0 Å². The summed E-state index contributed by atoms with van der Waals surface area (Å²) in [5.74, 6) is 0.0175. The Bertz CT molecular complexity index is 534. The van der Waals surface area contributed by atoms with Crippen molar-refractivity contribution >= 4 is 11.6 Å². The number of aryl methyl sites for hydroxylation is 1. The Hall–Kier alpha value is -2.10. The van der Waals surface area contributed by atoms with Crippen LogP contribution >= 0.6 is 0 Å². The first-order valence-corrected chi connectivity index (χ1v) is 6.57. The summed E-state index contributed by atoms with van der Waals surface area (Å²) in [6.07, 6.45) is 4.92. The molecule has 4 nitrogen and oxygen atoms in total. The summed E-state index contributed by atoms with van der Waals surface area (Å²) in [5.41, 5.74) is 2.06. The second-order valence-corrected chi connectivity index (χ2v) is 4.60. The van der Waals surface area contributed by atoms with Crippen molar-refractivity contribution < 1.29 is 4.79 Å². The van der Waals surface area contributed by atoms with E-state index in [2.05, 4.69) is 17.3 Å². The predicted molar refractivity (Wildman–Crippen MR) is 76.0 cm³/mol. The van der Waals surface area contributed by atoms with Gasteiger partial charge >= 0.3 is 0 Å². The smallest absolute Gasteiger partial charge is 0.226 e. The summed E-state index contributed by atoms with van der Waals surface area (Å²) < 4.78 is 1.80. The number of rotatable bonds is 5. The van der Waals surface area contributed by atoms with Crippen molar-refractivity contribution in [2.75, 3.05) is 5.32 Å². The summed E-state index contributed by atoms with van der Waals surface area (Å²) >= 11 is 0. The topological polar surface area (TPSA) is 46.9 Å². The molecule has 0 bridgehead atoms. The van der Waals surface area contributed by atoms with Crippen molar-refractivity contribution in [3.8, 4) is 0 Å². The summed E-state index contributed by atoms with van der Waals surface area (Å²) in [4.78, 5) is 12.0. The lowest BCUT2D eigenvalue weighted by atomic mass is 10.1. The van der Waals surface area contributed by atoms with Gasteiger partial charge in [-0.15, -0.1) is 0 Å². The number of nitrogens with one attached hydrogen (secondary N) is 1. The molecule has 2 aromatic rings. The highest BCUT2D eigenvalue weighted by Gasteiger charge is 2.12. The number of nitrogens with zero attached hydrogens (tertiary/aromatic N) is 2. The normalized spacial score (nSPS) is 12.1. The van der Waals surface area contributed by atoms with Crippen LogP contribution in [0.2, 0.25) is 0 Å². The van der Waals surface area contributed by atoms with Crippen LogP contribution in [-0.4, -0.2) is 15.7 Å². The van der Waals surface area contributed by atoms with Gasteiger partial charge < -0.3 is 5.32 Å². The quantitative estimate of drug-likeness (QED) is 0.895. The van der Waals surface area contributed by atoms with Crippen molar-refractivity contribution in [2.24, 2.45) is 0 Å². The van der Waals surface area contributed by atoms with E-state index < -0.39 is 0 Å². The van der Waals surface area contributed by atoms with Crippen LogP contribution in [0.3, 0.4) is 0 Å². The lowest BCUT2D eigenvalue weighted by molar-refractivity contribution is -0.116. The standard InChI is InChI=1S/C15H19N3O/c1-3-13-7-4-5-8-14(13)17-15(19)11-12(2)18-10-6-9-16-18/h4-10,12H,3,11H2,1-2H3,(H,17,19)/t12-/m1/s1. The molecule has 0 spiro atoms. The second kappa shape index (κ2) is 6.18. The van der Waals surface area contributed by atoms with E-state index in [0.29, 0.717) is 6.42 Å². The molecule has 0 saturated carbocycles. The summed E-state index contributed by atoms with van der Waals surface area (Å²) in [6.45, 7) is 4.07. The Balaban J connectivity index is 1.98. The van der Waals surface area contributed by atoms with Gasteiger partial charge in [-0.05, 0) is 31.0 Å². The largest absolute Gasteiger partial charge is 0.326 e. The Labute approximate surface area is 113 Å².